The van der Waals surface area contributed by atoms with Gasteiger partial charge in [-0.3, -0.25) is 4.79 Å². The van der Waals surface area contributed by atoms with E-state index >= 15 is 0 Å². The van der Waals surface area contributed by atoms with Gasteiger partial charge in [0.15, 0.2) is 0 Å². The summed E-state index contributed by atoms with van der Waals surface area (Å²) in [7, 11) is -3.58. The van der Waals surface area contributed by atoms with Crippen LogP contribution in [0, 0.1) is 0 Å². The maximum absolute atomic E-state index is 12.8. The maximum atomic E-state index is 12.8. The summed E-state index contributed by atoms with van der Waals surface area (Å²) in [6.07, 6.45) is 0. The number of aromatic nitrogens is 4. The number of primary amides is 1. The molecule has 0 radical (unpaired) electrons. The minimum absolute atomic E-state index is 0.226. The fourth-order valence-corrected chi connectivity index (χ4v) is 4.59. The zero-order valence-corrected chi connectivity index (χ0v) is 16.8. The van der Waals surface area contributed by atoms with Crippen molar-refractivity contribution in [3.8, 4) is 11.4 Å². The average molecular weight is 428 g/mol. The Morgan fingerprint density at radius 2 is 1.83 bits per heavy atom. The molecule has 1 fully saturated rings. The summed E-state index contributed by atoms with van der Waals surface area (Å²) >= 11 is 0. The van der Waals surface area contributed by atoms with Crippen LogP contribution < -0.4 is 5.73 Å². The molecule has 0 spiro atoms. The fourth-order valence-electron chi connectivity index (χ4n) is 3.11. The SMILES string of the molecule is NC(=O)c1ccc(-c2nnn(Cc3cccc(S(=O)(=O)N4CCOCC4)c3)n2)cc1. The van der Waals surface area contributed by atoms with Gasteiger partial charge < -0.3 is 10.5 Å². The lowest BCUT2D eigenvalue weighted by Crippen LogP contribution is -2.40. The van der Waals surface area contributed by atoms with E-state index in [1.54, 1.807) is 42.5 Å². The summed E-state index contributed by atoms with van der Waals surface area (Å²) in [5.41, 5.74) is 7.06. The number of carbonyl (C=O) groups is 1. The van der Waals surface area contributed by atoms with E-state index in [9.17, 15) is 13.2 Å². The normalized spacial score (nSPS) is 15.2. The molecule has 30 heavy (non-hydrogen) atoms. The highest BCUT2D eigenvalue weighted by atomic mass is 32.2. The molecule has 0 bridgehead atoms. The average Bonchev–Trinajstić information content (AvgIpc) is 3.23. The van der Waals surface area contributed by atoms with Gasteiger partial charge in [0.2, 0.25) is 21.8 Å². The van der Waals surface area contributed by atoms with E-state index in [1.165, 1.54) is 9.10 Å². The number of nitrogens with two attached hydrogens (primary N) is 1. The number of ether oxygens (including phenoxy) is 1. The fraction of sp³-hybridized carbons (Fsp3) is 0.263. The molecule has 2 N–H and O–H groups in total. The van der Waals surface area contributed by atoms with Gasteiger partial charge in [-0.05, 0) is 35.0 Å². The Morgan fingerprint density at radius 1 is 1.10 bits per heavy atom. The number of tetrazole rings is 1. The van der Waals surface area contributed by atoms with E-state index in [1.807, 2.05) is 6.07 Å². The molecule has 0 saturated carbocycles. The van der Waals surface area contributed by atoms with Crippen molar-refractivity contribution in [3.63, 3.8) is 0 Å². The Labute approximate surface area is 173 Å². The Morgan fingerprint density at radius 3 is 2.53 bits per heavy atom. The number of morpholine rings is 1. The van der Waals surface area contributed by atoms with E-state index < -0.39 is 15.9 Å². The molecule has 1 aliphatic rings. The van der Waals surface area contributed by atoms with E-state index in [4.69, 9.17) is 10.5 Å². The van der Waals surface area contributed by atoms with E-state index in [-0.39, 0.29) is 11.4 Å². The number of carbonyl (C=O) groups excluding carboxylic acids is 1. The van der Waals surface area contributed by atoms with Gasteiger partial charge in [0.1, 0.15) is 0 Å². The summed E-state index contributed by atoms with van der Waals surface area (Å²) in [5.74, 6) is -0.117. The Bertz CT molecular complexity index is 1150. The van der Waals surface area contributed by atoms with Crippen LogP contribution in [0.4, 0.5) is 0 Å². The molecule has 1 saturated heterocycles. The minimum atomic E-state index is -3.58. The molecular formula is C19H20N6O4S. The quantitative estimate of drug-likeness (QED) is 0.605. The third kappa shape index (κ3) is 4.22. The first-order valence-electron chi connectivity index (χ1n) is 9.28. The number of sulfonamides is 1. The van der Waals surface area contributed by atoms with Gasteiger partial charge in [-0.2, -0.15) is 9.10 Å². The smallest absolute Gasteiger partial charge is 0.248 e. The van der Waals surface area contributed by atoms with Crippen molar-refractivity contribution in [2.45, 2.75) is 11.4 Å². The van der Waals surface area contributed by atoms with Crippen molar-refractivity contribution < 1.29 is 17.9 Å². The Kier molecular flexibility index (Phi) is 5.57. The maximum Gasteiger partial charge on any atom is 0.248 e. The Hall–Kier alpha value is -3.15. The molecule has 2 aromatic carbocycles. The van der Waals surface area contributed by atoms with Crippen LogP contribution in [0.3, 0.4) is 0 Å². The molecular weight excluding hydrogens is 408 g/mol. The van der Waals surface area contributed by atoms with Crippen LogP contribution in [0.5, 0.6) is 0 Å². The third-order valence-corrected chi connectivity index (χ3v) is 6.61. The lowest BCUT2D eigenvalue weighted by molar-refractivity contribution is 0.0730. The second-order valence-electron chi connectivity index (χ2n) is 6.75. The van der Waals surface area contributed by atoms with Gasteiger partial charge >= 0.3 is 0 Å². The predicted molar refractivity (Wildman–Crippen MR) is 107 cm³/mol. The van der Waals surface area contributed by atoms with Crippen molar-refractivity contribution in [2.75, 3.05) is 26.3 Å². The van der Waals surface area contributed by atoms with Crippen molar-refractivity contribution in [1.29, 1.82) is 0 Å². The van der Waals surface area contributed by atoms with Crippen LogP contribution >= 0.6 is 0 Å². The molecule has 3 aromatic rings. The van der Waals surface area contributed by atoms with Gasteiger partial charge in [0.25, 0.3) is 0 Å². The molecule has 1 aliphatic heterocycles. The van der Waals surface area contributed by atoms with Crippen molar-refractivity contribution in [2.24, 2.45) is 5.73 Å². The lowest BCUT2D eigenvalue weighted by Gasteiger charge is -2.26. The standard InChI is InChI=1S/C19H20N6O4S/c20-18(26)15-4-6-16(7-5-15)19-21-23-25(22-19)13-14-2-1-3-17(12-14)30(27,28)24-8-10-29-11-9-24/h1-7,12H,8-11,13H2,(H2,20,26). The molecule has 0 aliphatic carbocycles. The number of benzene rings is 2. The van der Waals surface area contributed by atoms with Crippen LogP contribution in [0.15, 0.2) is 53.4 Å². The molecule has 156 valence electrons. The largest absolute Gasteiger partial charge is 0.379 e. The second-order valence-corrected chi connectivity index (χ2v) is 8.69. The topological polar surface area (TPSA) is 133 Å². The Balaban J connectivity index is 1.51. The molecule has 1 aromatic heterocycles. The van der Waals surface area contributed by atoms with Gasteiger partial charge in [-0.1, -0.05) is 24.3 Å². The lowest BCUT2D eigenvalue weighted by atomic mass is 10.1. The summed E-state index contributed by atoms with van der Waals surface area (Å²) in [5, 5.41) is 12.4. The summed E-state index contributed by atoms with van der Waals surface area (Å²) < 4.78 is 32.3. The van der Waals surface area contributed by atoms with Crippen LogP contribution in [0.2, 0.25) is 0 Å². The number of rotatable bonds is 6. The number of nitrogens with zero attached hydrogens (tertiary/aromatic N) is 5. The van der Waals surface area contributed by atoms with Crippen LogP contribution in [-0.2, 0) is 21.3 Å². The van der Waals surface area contributed by atoms with Gasteiger partial charge in [-0.25, -0.2) is 8.42 Å². The van der Waals surface area contributed by atoms with Crippen molar-refractivity contribution in [1.82, 2.24) is 24.5 Å². The van der Waals surface area contributed by atoms with E-state index in [0.717, 1.165) is 5.56 Å². The summed E-state index contributed by atoms with van der Waals surface area (Å²) in [6, 6.07) is 13.3. The summed E-state index contributed by atoms with van der Waals surface area (Å²) in [6.45, 7) is 1.74. The molecule has 1 amide bonds. The zero-order valence-electron chi connectivity index (χ0n) is 16.0. The predicted octanol–water partition coefficient (Wildman–Crippen LogP) is 0.508. The van der Waals surface area contributed by atoms with Crippen molar-refractivity contribution in [3.05, 3.63) is 59.7 Å². The van der Waals surface area contributed by atoms with E-state index in [0.29, 0.717) is 43.3 Å². The highest BCUT2D eigenvalue weighted by Gasteiger charge is 2.26. The van der Waals surface area contributed by atoms with Gasteiger partial charge in [-0.15, -0.1) is 10.2 Å². The molecule has 0 atom stereocenters. The van der Waals surface area contributed by atoms with Gasteiger partial charge in [0, 0.05) is 24.2 Å². The summed E-state index contributed by atoms with van der Waals surface area (Å²) in [4.78, 5) is 12.8. The molecule has 11 heteroatoms. The third-order valence-electron chi connectivity index (χ3n) is 4.71. The van der Waals surface area contributed by atoms with Crippen LogP contribution in [0.25, 0.3) is 11.4 Å². The molecule has 10 nitrogen and oxygen atoms in total. The first-order valence-corrected chi connectivity index (χ1v) is 10.7. The number of amides is 1. The second kappa shape index (κ2) is 8.30. The molecule has 4 rings (SSSR count). The van der Waals surface area contributed by atoms with Crippen LogP contribution in [0.1, 0.15) is 15.9 Å². The first kappa shape index (κ1) is 20.1. The van der Waals surface area contributed by atoms with E-state index in [2.05, 4.69) is 15.4 Å². The highest BCUT2D eigenvalue weighted by molar-refractivity contribution is 7.89. The van der Waals surface area contributed by atoms with Crippen molar-refractivity contribution >= 4 is 15.9 Å². The monoisotopic (exact) mass is 428 g/mol. The number of hydrogen-bond acceptors (Lipinski definition) is 7. The van der Waals surface area contributed by atoms with Crippen LogP contribution in [-0.4, -0.2) is 65.1 Å². The zero-order chi connectivity index (χ0) is 21.1. The molecule has 2 heterocycles. The highest BCUT2D eigenvalue weighted by Crippen LogP contribution is 2.19. The first-order chi connectivity index (χ1) is 14.4. The molecule has 0 unspecified atom stereocenters. The minimum Gasteiger partial charge on any atom is -0.379 e. The van der Waals surface area contributed by atoms with Gasteiger partial charge in [0.05, 0.1) is 24.7 Å². The number of hydrogen-bond donors (Lipinski definition) is 1.